The van der Waals surface area contributed by atoms with E-state index in [2.05, 4.69) is 5.32 Å². The number of carbonyl (C=O) groups excluding carboxylic acids is 2. The minimum absolute atomic E-state index is 0.0127. The molecule has 0 bridgehead atoms. The van der Waals surface area contributed by atoms with Crippen LogP contribution < -0.4 is 5.32 Å². The molecule has 2 N–H and O–H groups in total. The molecule has 3 atom stereocenters. The Morgan fingerprint density at radius 1 is 1.27 bits per heavy atom. The molecule has 0 saturated carbocycles. The summed E-state index contributed by atoms with van der Waals surface area (Å²) in [5.74, 6) is -1.24. The number of methoxy groups -OCH3 is 1. The van der Waals surface area contributed by atoms with Crippen molar-refractivity contribution in [2.24, 2.45) is 0 Å². The van der Waals surface area contributed by atoms with Crippen LogP contribution in [0.1, 0.15) is 21.5 Å². The quantitative estimate of drug-likeness (QED) is 0.608. The third-order valence-electron chi connectivity index (χ3n) is 6.56. The van der Waals surface area contributed by atoms with E-state index in [1.54, 1.807) is 36.2 Å². The van der Waals surface area contributed by atoms with Crippen LogP contribution >= 0.6 is 0 Å². The molecule has 11 heteroatoms. The number of halogens is 1. The largest absolute Gasteiger partial charge is 0.465 e. The zero-order valence-electron chi connectivity index (χ0n) is 20.4. The van der Waals surface area contributed by atoms with E-state index in [0.717, 1.165) is 16.0 Å². The van der Waals surface area contributed by atoms with Gasteiger partial charge in [-0.2, -0.15) is 5.26 Å². The topological polar surface area (TPSA) is 132 Å². The molecule has 0 unspecified atom stereocenters. The molecule has 10 nitrogen and oxygen atoms in total. The second-order valence-electron chi connectivity index (χ2n) is 9.10. The van der Waals surface area contributed by atoms with Gasteiger partial charge < -0.3 is 29.7 Å². The van der Waals surface area contributed by atoms with Crippen LogP contribution in [0.5, 0.6) is 0 Å². The number of amides is 3. The zero-order valence-corrected chi connectivity index (χ0v) is 20.4. The number of benzene rings is 2. The Kier molecular flexibility index (Phi) is 7.71. The Labute approximate surface area is 213 Å². The second-order valence-corrected chi connectivity index (χ2v) is 9.10. The second kappa shape index (κ2) is 10.9. The summed E-state index contributed by atoms with van der Waals surface area (Å²) in [4.78, 5) is 39.0. The first-order valence-corrected chi connectivity index (χ1v) is 11.7. The molecule has 37 heavy (non-hydrogen) atoms. The number of carbonyl (C=O) groups is 3. The molecule has 4 rings (SSSR count). The van der Waals surface area contributed by atoms with Gasteiger partial charge >= 0.3 is 6.09 Å². The van der Waals surface area contributed by atoms with E-state index in [1.165, 1.54) is 13.2 Å². The van der Waals surface area contributed by atoms with Crippen LogP contribution in [0, 0.1) is 17.1 Å². The maximum Gasteiger partial charge on any atom is 0.407 e. The lowest BCUT2D eigenvalue weighted by Crippen LogP contribution is -2.47. The van der Waals surface area contributed by atoms with Crippen molar-refractivity contribution in [3.8, 4) is 17.2 Å². The average Bonchev–Trinajstić information content (AvgIpc) is 3.04. The summed E-state index contributed by atoms with van der Waals surface area (Å²) in [6.07, 6.45) is -2.97. The minimum atomic E-state index is -1.22. The molecule has 1 saturated heterocycles. The number of carboxylic acid groups (broad SMARTS) is 1. The molecule has 0 aliphatic carbocycles. The van der Waals surface area contributed by atoms with Crippen LogP contribution in [-0.4, -0.2) is 84.9 Å². The number of nitriles is 1. The molecule has 2 heterocycles. The van der Waals surface area contributed by atoms with Gasteiger partial charge in [-0.05, 0) is 40.5 Å². The number of hydrogen-bond acceptors (Lipinski definition) is 6. The number of nitrogens with zero attached hydrogens (tertiary/aromatic N) is 3. The predicted molar refractivity (Wildman–Crippen MR) is 129 cm³/mol. The van der Waals surface area contributed by atoms with Crippen molar-refractivity contribution in [2.45, 2.75) is 31.2 Å². The lowest BCUT2D eigenvalue weighted by molar-refractivity contribution is -0.134. The highest BCUT2D eigenvalue weighted by molar-refractivity contribution is 5.98. The fourth-order valence-corrected chi connectivity index (χ4v) is 4.46. The number of hydrogen-bond donors (Lipinski definition) is 2. The Hall–Kier alpha value is -4.01. The molecule has 0 aromatic heterocycles. The summed E-state index contributed by atoms with van der Waals surface area (Å²) < 4.78 is 25.7. The van der Waals surface area contributed by atoms with Crippen molar-refractivity contribution in [2.75, 3.05) is 33.9 Å². The Balaban J connectivity index is 1.43. The fourth-order valence-electron chi connectivity index (χ4n) is 4.46. The Morgan fingerprint density at radius 2 is 2.00 bits per heavy atom. The molecular weight excluding hydrogens is 483 g/mol. The van der Waals surface area contributed by atoms with Crippen molar-refractivity contribution in [1.82, 2.24) is 15.1 Å². The number of nitrogens with one attached hydrogen (secondary N) is 1. The summed E-state index contributed by atoms with van der Waals surface area (Å²) in [6, 6.07) is 10.9. The molecular formula is C26H27FN4O6. The third-order valence-corrected chi connectivity index (χ3v) is 6.56. The molecule has 2 aromatic carbocycles. The monoisotopic (exact) mass is 510 g/mol. The SMILES string of the molecule is CO[C@H]1CO[C@H](C(=O)N[C@H](C#N)Cc2ccc(-c3ccc4c(c3)CN(C)C4=O)cc2F)CN(C(=O)O)C1. The first-order chi connectivity index (χ1) is 17.7. The van der Waals surface area contributed by atoms with Crippen molar-refractivity contribution in [1.29, 1.82) is 5.26 Å². The molecule has 0 spiro atoms. The summed E-state index contributed by atoms with van der Waals surface area (Å²) in [6.45, 7) is 0.336. The van der Waals surface area contributed by atoms with E-state index in [1.807, 2.05) is 12.1 Å². The highest BCUT2D eigenvalue weighted by atomic mass is 19.1. The van der Waals surface area contributed by atoms with Gasteiger partial charge in [0.25, 0.3) is 11.8 Å². The molecule has 2 aliphatic rings. The Bertz CT molecular complexity index is 1260. The normalized spacial score (nSPS) is 20.1. The van der Waals surface area contributed by atoms with Crippen LogP contribution in [0.4, 0.5) is 9.18 Å². The van der Waals surface area contributed by atoms with Crippen molar-refractivity contribution >= 4 is 17.9 Å². The lowest BCUT2D eigenvalue weighted by atomic mass is 9.97. The van der Waals surface area contributed by atoms with Crippen LogP contribution in [0.25, 0.3) is 11.1 Å². The summed E-state index contributed by atoms with van der Waals surface area (Å²) >= 11 is 0. The van der Waals surface area contributed by atoms with Crippen molar-refractivity contribution in [3.05, 3.63) is 58.9 Å². The first kappa shape index (κ1) is 26.1. The summed E-state index contributed by atoms with van der Waals surface area (Å²) in [5.41, 5.74) is 3.14. The van der Waals surface area contributed by atoms with Crippen LogP contribution in [0.15, 0.2) is 36.4 Å². The van der Waals surface area contributed by atoms with E-state index in [-0.39, 0.29) is 37.6 Å². The van der Waals surface area contributed by atoms with Crippen LogP contribution in [0.2, 0.25) is 0 Å². The fraction of sp³-hybridized carbons (Fsp3) is 0.385. The van der Waals surface area contributed by atoms with Gasteiger partial charge in [0.15, 0.2) is 6.10 Å². The third kappa shape index (κ3) is 5.71. The summed E-state index contributed by atoms with van der Waals surface area (Å²) in [5, 5.41) is 21.5. The van der Waals surface area contributed by atoms with Gasteiger partial charge in [0.05, 0.1) is 31.9 Å². The molecule has 2 aliphatic heterocycles. The number of ether oxygens (including phenoxy) is 2. The maximum atomic E-state index is 15.0. The van der Waals surface area contributed by atoms with Gasteiger partial charge in [0.2, 0.25) is 0 Å². The van der Waals surface area contributed by atoms with Crippen LogP contribution in [0.3, 0.4) is 0 Å². The summed E-state index contributed by atoms with van der Waals surface area (Å²) in [7, 11) is 3.14. The number of rotatable bonds is 6. The van der Waals surface area contributed by atoms with Gasteiger partial charge in [0.1, 0.15) is 11.9 Å². The standard InChI is InChI=1S/C26H27FN4O6/c1-30-11-18-7-15(5-6-21(18)25(30)33)16-3-4-17(22(27)9-16)8-19(10-28)29-24(32)23-13-31(26(34)35)12-20(36-2)14-37-23/h3-7,9,19-20,23H,8,11-14H2,1-2H3,(H,29,32)(H,34,35)/t19-,20+,23-/m0/s1. The van der Waals surface area contributed by atoms with Crippen molar-refractivity contribution < 1.29 is 33.4 Å². The smallest absolute Gasteiger partial charge is 0.407 e. The average molecular weight is 511 g/mol. The Morgan fingerprint density at radius 3 is 2.68 bits per heavy atom. The minimum Gasteiger partial charge on any atom is -0.465 e. The van der Waals surface area contributed by atoms with Gasteiger partial charge in [0, 0.05) is 32.7 Å². The van der Waals surface area contributed by atoms with Gasteiger partial charge in [-0.3, -0.25) is 9.59 Å². The van der Waals surface area contributed by atoms with Gasteiger partial charge in [-0.25, -0.2) is 9.18 Å². The van der Waals surface area contributed by atoms with Crippen molar-refractivity contribution in [3.63, 3.8) is 0 Å². The van der Waals surface area contributed by atoms with E-state index >= 15 is 4.39 Å². The molecule has 194 valence electrons. The molecule has 0 radical (unpaired) electrons. The first-order valence-electron chi connectivity index (χ1n) is 11.7. The van der Waals surface area contributed by atoms with E-state index in [9.17, 15) is 24.8 Å². The number of fused-ring (bicyclic) bond motifs is 1. The van der Waals surface area contributed by atoms with E-state index in [4.69, 9.17) is 9.47 Å². The maximum absolute atomic E-state index is 15.0. The predicted octanol–water partition coefficient (Wildman–Crippen LogP) is 2.02. The highest BCUT2D eigenvalue weighted by Gasteiger charge is 2.32. The van der Waals surface area contributed by atoms with E-state index < -0.39 is 36.1 Å². The van der Waals surface area contributed by atoms with Gasteiger partial charge in [-0.1, -0.05) is 18.2 Å². The molecule has 2 aromatic rings. The zero-order chi connectivity index (χ0) is 26.7. The van der Waals surface area contributed by atoms with E-state index in [0.29, 0.717) is 17.7 Å². The lowest BCUT2D eigenvalue weighted by Gasteiger charge is -2.22. The molecule has 3 amide bonds. The van der Waals surface area contributed by atoms with Crippen LogP contribution in [-0.2, 0) is 27.2 Å². The highest BCUT2D eigenvalue weighted by Crippen LogP contribution is 2.29. The van der Waals surface area contributed by atoms with Gasteiger partial charge in [-0.15, -0.1) is 0 Å². The molecule has 1 fully saturated rings.